The lowest BCUT2D eigenvalue weighted by Crippen LogP contribution is -2.13. The van der Waals surface area contributed by atoms with Gasteiger partial charge < -0.3 is 5.32 Å². The molecule has 0 fully saturated rings. The number of sulfonamides is 1. The number of hydrogen-bond acceptors (Lipinski definition) is 5. The number of aryl methyl sites for hydroxylation is 1. The molecule has 1 atom stereocenters. The highest BCUT2D eigenvalue weighted by Crippen LogP contribution is 2.27. The van der Waals surface area contributed by atoms with Crippen LogP contribution in [0.4, 0.5) is 11.4 Å². The number of nitrogens with zero attached hydrogens (tertiary/aromatic N) is 1. The maximum absolute atomic E-state index is 11.4. The lowest BCUT2D eigenvalue weighted by atomic mass is 10.2. The quantitative estimate of drug-likeness (QED) is 0.890. The number of para-hydroxylation sites is 2. The molecular formula is C13H17N3O2S2. The molecule has 0 spiro atoms. The predicted octanol–water partition coefficient (Wildman–Crippen LogP) is 3.00. The van der Waals surface area contributed by atoms with Gasteiger partial charge in [0.2, 0.25) is 10.0 Å². The van der Waals surface area contributed by atoms with E-state index in [1.54, 1.807) is 23.5 Å². The van der Waals surface area contributed by atoms with E-state index in [2.05, 4.69) is 15.0 Å². The molecule has 7 heteroatoms. The van der Waals surface area contributed by atoms with Crippen LogP contribution in [-0.2, 0) is 10.0 Å². The van der Waals surface area contributed by atoms with E-state index in [4.69, 9.17) is 0 Å². The molecule has 0 radical (unpaired) electrons. The van der Waals surface area contributed by atoms with E-state index in [0.717, 1.165) is 22.6 Å². The molecule has 20 heavy (non-hydrogen) atoms. The van der Waals surface area contributed by atoms with Crippen LogP contribution in [0.25, 0.3) is 0 Å². The summed E-state index contributed by atoms with van der Waals surface area (Å²) in [5, 5.41) is 6.29. The van der Waals surface area contributed by atoms with Crippen molar-refractivity contribution in [1.29, 1.82) is 0 Å². The van der Waals surface area contributed by atoms with Crippen molar-refractivity contribution in [2.45, 2.75) is 19.9 Å². The molecule has 2 rings (SSSR count). The fourth-order valence-corrected chi connectivity index (χ4v) is 3.07. The third-order valence-electron chi connectivity index (χ3n) is 2.67. The van der Waals surface area contributed by atoms with Gasteiger partial charge in [0, 0.05) is 5.38 Å². The second kappa shape index (κ2) is 5.80. The summed E-state index contributed by atoms with van der Waals surface area (Å²) in [4.78, 5) is 4.43. The first-order valence-corrected chi connectivity index (χ1v) is 8.87. The highest BCUT2D eigenvalue weighted by atomic mass is 32.2. The van der Waals surface area contributed by atoms with E-state index in [0.29, 0.717) is 5.69 Å². The lowest BCUT2D eigenvalue weighted by molar-refractivity contribution is 0.607. The summed E-state index contributed by atoms with van der Waals surface area (Å²) in [5.74, 6) is 0. The SMILES string of the molecule is Cc1nc(C(C)Nc2ccccc2NS(C)(=O)=O)cs1. The van der Waals surface area contributed by atoms with Crippen molar-refractivity contribution in [2.75, 3.05) is 16.3 Å². The highest BCUT2D eigenvalue weighted by molar-refractivity contribution is 7.92. The summed E-state index contributed by atoms with van der Waals surface area (Å²) in [6.45, 7) is 3.95. The fourth-order valence-electron chi connectivity index (χ4n) is 1.78. The van der Waals surface area contributed by atoms with Gasteiger partial charge in [-0.15, -0.1) is 11.3 Å². The number of rotatable bonds is 5. The molecule has 0 bridgehead atoms. The molecular weight excluding hydrogens is 294 g/mol. The summed E-state index contributed by atoms with van der Waals surface area (Å²) in [5.41, 5.74) is 2.21. The summed E-state index contributed by atoms with van der Waals surface area (Å²) < 4.78 is 25.2. The predicted molar refractivity (Wildman–Crippen MR) is 83.8 cm³/mol. The molecule has 1 unspecified atom stereocenters. The molecule has 0 aliphatic rings. The number of hydrogen-bond donors (Lipinski definition) is 2. The van der Waals surface area contributed by atoms with Crippen molar-refractivity contribution >= 4 is 32.7 Å². The molecule has 0 amide bonds. The Labute approximate surface area is 123 Å². The van der Waals surface area contributed by atoms with E-state index in [1.807, 2.05) is 31.4 Å². The monoisotopic (exact) mass is 311 g/mol. The van der Waals surface area contributed by atoms with Crippen LogP contribution < -0.4 is 10.0 Å². The molecule has 1 heterocycles. The van der Waals surface area contributed by atoms with E-state index < -0.39 is 10.0 Å². The Kier molecular flexibility index (Phi) is 4.29. The Hall–Kier alpha value is -1.60. The lowest BCUT2D eigenvalue weighted by Gasteiger charge is -2.17. The van der Waals surface area contributed by atoms with Crippen LogP contribution in [0, 0.1) is 6.92 Å². The third kappa shape index (κ3) is 3.94. The zero-order chi connectivity index (χ0) is 14.8. The minimum Gasteiger partial charge on any atom is -0.375 e. The average Bonchev–Trinajstić information content (AvgIpc) is 2.77. The Morgan fingerprint density at radius 2 is 1.90 bits per heavy atom. The average molecular weight is 311 g/mol. The molecule has 2 aromatic rings. The number of anilines is 2. The van der Waals surface area contributed by atoms with Crippen molar-refractivity contribution in [2.24, 2.45) is 0 Å². The van der Waals surface area contributed by atoms with Crippen molar-refractivity contribution in [3.63, 3.8) is 0 Å². The third-order valence-corrected chi connectivity index (χ3v) is 4.06. The Bertz CT molecular complexity index is 695. The van der Waals surface area contributed by atoms with Crippen molar-refractivity contribution in [3.05, 3.63) is 40.3 Å². The normalized spacial score (nSPS) is 12.9. The van der Waals surface area contributed by atoms with E-state index >= 15 is 0 Å². The second-order valence-corrected chi connectivity index (χ2v) is 7.39. The Morgan fingerprint density at radius 3 is 2.45 bits per heavy atom. The van der Waals surface area contributed by atoms with Gasteiger partial charge in [-0.3, -0.25) is 4.72 Å². The van der Waals surface area contributed by atoms with Gasteiger partial charge in [0.15, 0.2) is 0 Å². The number of thiazole rings is 1. The molecule has 5 nitrogen and oxygen atoms in total. The Balaban J connectivity index is 2.21. The first-order chi connectivity index (χ1) is 9.35. The number of benzene rings is 1. The van der Waals surface area contributed by atoms with Gasteiger partial charge in [-0.2, -0.15) is 0 Å². The summed E-state index contributed by atoms with van der Waals surface area (Å²) in [7, 11) is -3.30. The van der Waals surface area contributed by atoms with Gasteiger partial charge in [0.25, 0.3) is 0 Å². The molecule has 1 aromatic heterocycles. The van der Waals surface area contributed by atoms with E-state index in [9.17, 15) is 8.42 Å². The van der Waals surface area contributed by atoms with Gasteiger partial charge in [-0.25, -0.2) is 13.4 Å². The molecule has 0 aliphatic heterocycles. The van der Waals surface area contributed by atoms with Crippen LogP contribution >= 0.6 is 11.3 Å². The summed E-state index contributed by atoms with van der Waals surface area (Å²) in [6, 6.07) is 7.21. The van der Waals surface area contributed by atoms with Crippen molar-refractivity contribution in [1.82, 2.24) is 4.98 Å². The van der Waals surface area contributed by atoms with Crippen LogP contribution in [0.2, 0.25) is 0 Å². The molecule has 0 aliphatic carbocycles. The van der Waals surface area contributed by atoms with Gasteiger partial charge >= 0.3 is 0 Å². The zero-order valence-corrected chi connectivity index (χ0v) is 13.2. The summed E-state index contributed by atoms with van der Waals surface area (Å²) >= 11 is 1.59. The number of nitrogens with one attached hydrogen (secondary N) is 2. The van der Waals surface area contributed by atoms with Gasteiger partial charge in [-0.1, -0.05) is 12.1 Å². The molecule has 0 saturated heterocycles. The first kappa shape index (κ1) is 14.8. The maximum Gasteiger partial charge on any atom is 0.229 e. The molecule has 2 N–H and O–H groups in total. The van der Waals surface area contributed by atoms with Crippen LogP contribution in [0.1, 0.15) is 23.7 Å². The topological polar surface area (TPSA) is 71.1 Å². The van der Waals surface area contributed by atoms with Crippen LogP contribution in [0.15, 0.2) is 29.6 Å². The molecule has 108 valence electrons. The zero-order valence-electron chi connectivity index (χ0n) is 11.5. The highest BCUT2D eigenvalue weighted by Gasteiger charge is 2.12. The standard InChI is InChI=1S/C13H17N3O2S2/c1-9(13-8-19-10(2)15-13)14-11-6-4-5-7-12(11)16-20(3,17)18/h4-9,14,16H,1-3H3. The van der Waals surface area contributed by atoms with Crippen LogP contribution in [0.5, 0.6) is 0 Å². The maximum atomic E-state index is 11.4. The minimum absolute atomic E-state index is 0.00228. The van der Waals surface area contributed by atoms with Gasteiger partial charge in [-0.05, 0) is 26.0 Å². The first-order valence-electron chi connectivity index (χ1n) is 6.10. The molecule has 0 saturated carbocycles. The second-order valence-electron chi connectivity index (χ2n) is 4.58. The van der Waals surface area contributed by atoms with E-state index in [1.165, 1.54) is 0 Å². The minimum atomic E-state index is -3.30. The largest absolute Gasteiger partial charge is 0.375 e. The summed E-state index contributed by atoms with van der Waals surface area (Å²) in [6.07, 6.45) is 1.14. The Morgan fingerprint density at radius 1 is 1.25 bits per heavy atom. The van der Waals surface area contributed by atoms with Crippen LogP contribution in [-0.4, -0.2) is 19.7 Å². The van der Waals surface area contributed by atoms with Crippen molar-refractivity contribution < 1.29 is 8.42 Å². The molecule has 1 aromatic carbocycles. The van der Waals surface area contributed by atoms with Crippen LogP contribution in [0.3, 0.4) is 0 Å². The smallest absolute Gasteiger partial charge is 0.229 e. The fraction of sp³-hybridized carbons (Fsp3) is 0.308. The van der Waals surface area contributed by atoms with Gasteiger partial charge in [0.1, 0.15) is 0 Å². The van der Waals surface area contributed by atoms with Crippen molar-refractivity contribution in [3.8, 4) is 0 Å². The number of aromatic nitrogens is 1. The van der Waals surface area contributed by atoms with Gasteiger partial charge in [0.05, 0.1) is 34.4 Å². The van der Waals surface area contributed by atoms with E-state index in [-0.39, 0.29) is 6.04 Å².